The molecule has 0 bridgehead atoms. The van der Waals surface area contributed by atoms with Crippen LogP contribution in [-0.4, -0.2) is 26.3 Å². The summed E-state index contributed by atoms with van der Waals surface area (Å²) in [6, 6.07) is 3.62. The van der Waals surface area contributed by atoms with Crippen LogP contribution < -0.4 is 5.32 Å². The molecule has 0 saturated carbocycles. The summed E-state index contributed by atoms with van der Waals surface area (Å²) in [5, 5.41) is 8.89. The van der Waals surface area contributed by atoms with E-state index in [0.29, 0.717) is 5.88 Å². The second-order valence-electron chi connectivity index (χ2n) is 4.40. The van der Waals surface area contributed by atoms with Crippen LogP contribution in [0.3, 0.4) is 0 Å². The Morgan fingerprint density at radius 1 is 1.48 bits per heavy atom. The van der Waals surface area contributed by atoms with Crippen LogP contribution in [0.4, 0.5) is 5.88 Å². The number of carbonyl (C=O) groups excluding carboxylic acids is 1. The van der Waals surface area contributed by atoms with Crippen molar-refractivity contribution in [3.05, 3.63) is 29.5 Å². The van der Waals surface area contributed by atoms with E-state index in [2.05, 4.69) is 20.4 Å². The predicted octanol–water partition coefficient (Wildman–Crippen LogP) is 3.11. The number of amides is 1. The summed E-state index contributed by atoms with van der Waals surface area (Å²) in [4.78, 5) is 20.6. The van der Waals surface area contributed by atoms with E-state index >= 15 is 0 Å². The van der Waals surface area contributed by atoms with Crippen LogP contribution in [0.1, 0.15) is 12.6 Å². The molecule has 0 aliphatic rings. The van der Waals surface area contributed by atoms with E-state index < -0.39 is 0 Å². The third-order valence-electron chi connectivity index (χ3n) is 2.74. The monoisotopic (exact) mass is 320 g/mol. The molecular weight excluding hydrogens is 308 g/mol. The topological polar surface area (TPSA) is 80.9 Å². The number of nitrogens with one attached hydrogen (secondary N) is 1. The number of fused-ring (bicyclic) bond motifs is 1. The molecule has 0 aromatic carbocycles. The molecule has 3 heterocycles. The van der Waals surface area contributed by atoms with E-state index in [0.717, 1.165) is 20.9 Å². The lowest BCUT2D eigenvalue weighted by Gasteiger charge is -2.09. The molecule has 3 aromatic rings. The van der Waals surface area contributed by atoms with Crippen LogP contribution in [0.2, 0.25) is 0 Å². The SMILES string of the molecule is Cc1cc(NC(=O)[C@@H](C)Sc2ncnc3ccsc23)on1. The highest BCUT2D eigenvalue weighted by Crippen LogP contribution is 2.31. The van der Waals surface area contributed by atoms with E-state index in [1.54, 1.807) is 24.3 Å². The molecule has 6 nitrogen and oxygen atoms in total. The van der Waals surface area contributed by atoms with Gasteiger partial charge in [-0.25, -0.2) is 9.97 Å². The van der Waals surface area contributed by atoms with Crippen molar-refractivity contribution in [2.24, 2.45) is 0 Å². The Kier molecular flexibility index (Phi) is 3.89. The Balaban J connectivity index is 1.72. The smallest absolute Gasteiger partial charge is 0.240 e. The van der Waals surface area contributed by atoms with Gasteiger partial charge >= 0.3 is 0 Å². The molecule has 3 rings (SSSR count). The number of thioether (sulfide) groups is 1. The molecule has 0 unspecified atom stereocenters. The highest BCUT2D eigenvalue weighted by molar-refractivity contribution is 8.00. The van der Waals surface area contributed by atoms with Gasteiger partial charge in [0.2, 0.25) is 11.8 Å². The molecule has 1 atom stereocenters. The van der Waals surface area contributed by atoms with Gasteiger partial charge in [-0.3, -0.25) is 10.1 Å². The van der Waals surface area contributed by atoms with Crippen LogP contribution in [0, 0.1) is 6.92 Å². The van der Waals surface area contributed by atoms with Crippen molar-refractivity contribution < 1.29 is 9.32 Å². The van der Waals surface area contributed by atoms with Crippen LogP contribution in [0.15, 0.2) is 33.4 Å². The number of nitrogens with zero attached hydrogens (tertiary/aromatic N) is 3. The zero-order valence-corrected chi connectivity index (χ0v) is 13.0. The average Bonchev–Trinajstić information content (AvgIpc) is 3.08. The first-order valence-corrected chi connectivity index (χ1v) is 7.98. The van der Waals surface area contributed by atoms with Crippen molar-refractivity contribution in [3.63, 3.8) is 0 Å². The predicted molar refractivity (Wildman–Crippen MR) is 82.6 cm³/mol. The van der Waals surface area contributed by atoms with Gasteiger partial charge in [0.15, 0.2) is 0 Å². The molecule has 0 radical (unpaired) electrons. The molecule has 21 heavy (non-hydrogen) atoms. The summed E-state index contributed by atoms with van der Waals surface area (Å²) in [7, 11) is 0. The molecule has 108 valence electrons. The third-order valence-corrected chi connectivity index (χ3v) is 4.88. The van der Waals surface area contributed by atoms with Crippen molar-refractivity contribution in [1.82, 2.24) is 15.1 Å². The Morgan fingerprint density at radius 2 is 2.33 bits per heavy atom. The molecule has 8 heteroatoms. The van der Waals surface area contributed by atoms with E-state index in [1.165, 1.54) is 18.1 Å². The summed E-state index contributed by atoms with van der Waals surface area (Å²) in [5.41, 5.74) is 1.62. The highest BCUT2D eigenvalue weighted by atomic mass is 32.2. The molecular formula is C13H12N4O2S2. The summed E-state index contributed by atoms with van der Waals surface area (Å²) < 4.78 is 5.98. The molecule has 0 fully saturated rings. The Bertz CT molecular complexity index is 783. The van der Waals surface area contributed by atoms with Gasteiger partial charge < -0.3 is 4.52 Å². The molecule has 0 spiro atoms. The van der Waals surface area contributed by atoms with Gasteiger partial charge in [-0.1, -0.05) is 16.9 Å². The van der Waals surface area contributed by atoms with Crippen LogP contribution in [0.5, 0.6) is 0 Å². The fourth-order valence-electron chi connectivity index (χ4n) is 1.72. The summed E-state index contributed by atoms with van der Waals surface area (Å²) in [6.45, 7) is 3.62. The average molecular weight is 320 g/mol. The van der Waals surface area contributed by atoms with Gasteiger partial charge in [-0.2, -0.15) is 0 Å². The van der Waals surface area contributed by atoms with Gasteiger partial charge in [0, 0.05) is 6.07 Å². The summed E-state index contributed by atoms with van der Waals surface area (Å²) in [5.74, 6) is 0.202. The quantitative estimate of drug-likeness (QED) is 0.587. The number of hydrogen-bond acceptors (Lipinski definition) is 7. The fourth-order valence-corrected chi connectivity index (χ4v) is 3.55. The largest absolute Gasteiger partial charge is 0.338 e. The Hall–Kier alpha value is -1.93. The fraction of sp³-hybridized carbons (Fsp3) is 0.231. The van der Waals surface area contributed by atoms with Gasteiger partial charge in [0.1, 0.15) is 11.4 Å². The molecule has 3 aromatic heterocycles. The second-order valence-corrected chi connectivity index (χ2v) is 6.64. The molecule has 1 N–H and O–H groups in total. The molecule has 1 amide bonds. The number of rotatable bonds is 4. The van der Waals surface area contributed by atoms with E-state index in [4.69, 9.17) is 4.52 Å². The summed E-state index contributed by atoms with van der Waals surface area (Å²) in [6.07, 6.45) is 1.52. The number of hydrogen-bond donors (Lipinski definition) is 1. The molecule has 0 saturated heterocycles. The number of aromatic nitrogens is 3. The lowest BCUT2D eigenvalue weighted by molar-refractivity contribution is -0.115. The first-order valence-electron chi connectivity index (χ1n) is 6.22. The van der Waals surface area contributed by atoms with Crippen molar-refractivity contribution in [3.8, 4) is 0 Å². The van der Waals surface area contributed by atoms with Crippen LogP contribution in [0.25, 0.3) is 10.2 Å². The number of carbonyl (C=O) groups is 1. The normalized spacial score (nSPS) is 12.5. The Labute approximate surface area is 129 Å². The minimum atomic E-state index is -0.310. The van der Waals surface area contributed by atoms with Crippen molar-refractivity contribution in [2.75, 3.05) is 5.32 Å². The maximum atomic E-state index is 12.1. The molecule has 0 aliphatic carbocycles. The minimum absolute atomic E-state index is 0.153. The van der Waals surface area contributed by atoms with Gasteiger partial charge in [0.05, 0.1) is 21.2 Å². The van der Waals surface area contributed by atoms with Gasteiger partial charge in [-0.15, -0.1) is 11.3 Å². The maximum absolute atomic E-state index is 12.1. The highest BCUT2D eigenvalue weighted by Gasteiger charge is 2.18. The zero-order valence-electron chi connectivity index (χ0n) is 11.4. The zero-order chi connectivity index (χ0) is 14.8. The molecule has 0 aliphatic heterocycles. The van der Waals surface area contributed by atoms with Crippen LogP contribution >= 0.6 is 23.1 Å². The van der Waals surface area contributed by atoms with Gasteiger partial charge in [0.25, 0.3) is 0 Å². The van der Waals surface area contributed by atoms with E-state index in [9.17, 15) is 4.79 Å². The van der Waals surface area contributed by atoms with E-state index in [-0.39, 0.29) is 11.2 Å². The second kappa shape index (κ2) is 5.82. The van der Waals surface area contributed by atoms with Crippen molar-refractivity contribution in [1.29, 1.82) is 0 Å². The number of anilines is 1. The first-order chi connectivity index (χ1) is 10.1. The maximum Gasteiger partial charge on any atom is 0.240 e. The summed E-state index contributed by atoms with van der Waals surface area (Å²) >= 11 is 2.97. The standard InChI is InChI=1S/C13H12N4O2S2/c1-7-5-10(19-17-7)16-12(18)8(2)21-13-11-9(3-4-20-11)14-6-15-13/h3-6,8H,1-2H3,(H,16,18)/t8-/m1/s1. The van der Waals surface area contributed by atoms with E-state index in [1.807, 2.05) is 18.4 Å². The lowest BCUT2D eigenvalue weighted by Crippen LogP contribution is -2.22. The van der Waals surface area contributed by atoms with Crippen LogP contribution in [-0.2, 0) is 4.79 Å². The van der Waals surface area contributed by atoms with Crippen molar-refractivity contribution >= 4 is 45.1 Å². The Morgan fingerprint density at radius 3 is 3.10 bits per heavy atom. The first kappa shape index (κ1) is 14.0. The third kappa shape index (κ3) is 3.06. The lowest BCUT2D eigenvalue weighted by atomic mass is 10.4. The number of thiophene rings is 1. The van der Waals surface area contributed by atoms with Crippen molar-refractivity contribution in [2.45, 2.75) is 24.1 Å². The van der Waals surface area contributed by atoms with Gasteiger partial charge in [-0.05, 0) is 25.3 Å². The number of aryl methyl sites for hydroxylation is 1. The minimum Gasteiger partial charge on any atom is -0.338 e.